The molecule has 1 unspecified atom stereocenters. The molecule has 1 fully saturated rings. The molecule has 6 heteroatoms. The van der Waals surface area contributed by atoms with Gasteiger partial charge in [0.05, 0.1) is 6.26 Å². The topological polar surface area (TPSA) is 63.9 Å². The minimum Gasteiger partial charge on any atom is -0.465 e. The van der Waals surface area contributed by atoms with Gasteiger partial charge in [-0.2, -0.15) is 0 Å². The van der Waals surface area contributed by atoms with Crippen molar-refractivity contribution in [3.8, 4) is 11.5 Å². The number of fused-ring (bicyclic) bond motifs is 1. The van der Waals surface area contributed by atoms with Gasteiger partial charge >= 0.3 is 0 Å². The smallest absolute Gasteiger partial charge is 0.251 e. The number of piperidine rings is 1. The third kappa shape index (κ3) is 4.57. The second-order valence-electron chi connectivity index (χ2n) is 7.53. The third-order valence-corrected chi connectivity index (χ3v) is 5.19. The molecule has 1 aromatic carbocycles. The van der Waals surface area contributed by atoms with E-state index in [1.807, 2.05) is 12.1 Å². The Morgan fingerprint density at radius 3 is 3.04 bits per heavy atom. The molecule has 1 aromatic heterocycles. The normalized spacial score (nSPS) is 19.6. The number of likely N-dealkylation sites (tertiary alicyclic amines) is 1. The first kappa shape index (κ1) is 18.6. The first-order chi connectivity index (χ1) is 13.7. The first-order valence-electron chi connectivity index (χ1n) is 9.78. The molecule has 1 saturated heterocycles. The van der Waals surface area contributed by atoms with E-state index >= 15 is 0 Å². The number of rotatable bonds is 6. The number of hydrogen-bond donors (Lipinski definition) is 1. The van der Waals surface area contributed by atoms with Crippen LogP contribution in [0.15, 0.2) is 46.6 Å². The van der Waals surface area contributed by atoms with Crippen LogP contribution in [0.5, 0.6) is 11.5 Å². The highest BCUT2D eigenvalue weighted by Gasteiger charge is 2.21. The molecular formula is C22H26N2O4. The number of carbonyl (C=O) groups is 1. The molecule has 4 rings (SSSR count). The molecule has 2 aliphatic rings. The maximum absolute atomic E-state index is 12.5. The van der Waals surface area contributed by atoms with Crippen LogP contribution < -0.4 is 14.8 Å². The molecular weight excluding hydrogens is 356 g/mol. The number of nitrogens with one attached hydrogen (secondary N) is 1. The molecule has 1 atom stereocenters. The summed E-state index contributed by atoms with van der Waals surface area (Å²) in [5.41, 5.74) is 1.88. The highest BCUT2D eigenvalue weighted by Crippen LogP contribution is 2.32. The Morgan fingerprint density at radius 1 is 1.29 bits per heavy atom. The molecule has 1 amide bonds. The summed E-state index contributed by atoms with van der Waals surface area (Å²) in [5, 5.41) is 3.08. The Balaban J connectivity index is 1.27. The van der Waals surface area contributed by atoms with Crippen molar-refractivity contribution in [1.82, 2.24) is 10.2 Å². The average Bonchev–Trinajstić information content (AvgIpc) is 3.37. The Bertz CT molecular complexity index is 844. The van der Waals surface area contributed by atoms with Crippen LogP contribution in [0.1, 0.15) is 35.9 Å². The Kier molecular flexibility index (Phi) is 5.67. The maximum atomic E-state index is 12.5. The van der Waals surface area contributed by atoms with E-state index in [2.05, 4.69) is 23.2 Å². The number of hydrogen-bond acceptors (Lipinski definition) is 5. The molecule has 148 valence electrons. The van der Waals surface area contributed by atoms with Crippen molar-refractivity contribution < 1.29 is 18.7 Å². The van der Waals surface area contributed by atoms with Crippen molar-refractivity contribution in [2.75, 3.05) is 33.0 Å². The number of carbonyl (C=O) groups excluding carboxylic acids is 1. The molecule has 28 heavy (non-hydrogen) atoms. The van der Waals surface area contributed by atoms with E-state index in [0.29, 0.717) is 29.5 Å². The Hall–Kier alpha value is -2.73. The standard InChI is InChI=1S/C22H26N2O4/c1-16(10-19-5-3-9-26-19)13-24-8-2-4-17(14-24)12-23-22(25)18-6-7-20-21(11-18)28-15-27-20/h3,5-7,9-11,17H,2,4,8,12-15H2,1H3,(H,23,25). The minimum absolute atomic E-state index is 0.0654. The highest BCUT2D eigenvalue weighted by atomic mass is 16.7. The van der Waals surface area contributed by atoms with Crippen LogP contribution in [0.4, 0.5) is 0 Å². The first-order valence-corrected chi connectivity index (χ1v) is 9.78. The van der Waals surface area contributed by atoms with Crippen LogP contribution >= 0.6 is 0 Å². The zero-order valence-corrected chi connectivity index (χ0v) is 16.1. The van der Waals surface area contributed by atoms with Crippen LogP contribution in [0, 0.1) is 5.92 Å². The Labute approximate surface area is 165 Å². The van der Waals surface area contributed by atoms with Gasteiger partial charge in [-0.3, -0.25) is 9.69 Å². The summed E-state index contributed by atoms with van der Waals surface area (Å²) < 4.78 is 16.0. The predicted molar refractivity (Wildman–Crippen MR) is 106 cm³/mol. The summed E-state index contributed by atoms with van der Waals surface area (Å²) in [4.78, 5) is 14.9. The second kappa shape index (κ2) is 8.52. The lowest BCUT2D eigenvalue weighted by Gasteiger charge is -2.33. The monoisotopic (exact) mass is 382 g/mol. The summed E-state index contributed by atoms with van der Waals surface area (Å²) in [6.07, 6.45) is 6.07. The van der Waals surface area contributed by atoms with Gasteiger partial charge in [-0.25, -0.2) is 0 Å². The van der Waals surface area contributed by atoms with E-state index < -0.39 is 0 Å². The van der Waals surface area contributed by atoms with Gasteiger partial charge < -0.3 is 19.2 Å². The maximum Gasteiger partial charge on any atom is 0.251 e. The SMILES string of the molecule is CC(=Cc1ccco1)CN1CCCC(CNC(=O)c2ccc3c(c2)OCO3)C1. The van der Waals surface area contributed by atoms with Crippen molar-refractivity contribution in [3.05, 3.63) is 53.5 Å². The van der Waals surface area contributed by atoms with Gasteiger partial charge in [-0.1, -0.05) is 5.57 Å². The van der Waals surface area contributed by atoms with Crippen molar-refractivity contribution in [1.29, 1.82) is 0 Å². The summed E-state index contributed by atoms with van der Waals surface area (Å²) in [6, 6.07) is 9.17. The molecule has 6 nitrogen and oxygen atoms in total. The largest absolute Gasteiger partial charge is 0.465 e. The van der Waals surface area contributed by atoms with Crippen LogP contribution in [0.25, 0.3) is 6.08 Å². The molecule has 2 aliphatic heterocycles. The number of ether oxygens (including phenoxy) is 2. The number of amides is 1. The van der Waals surface area contributed by atoms with Gasteiger partial charge in [-0.05, 0) is 68.6 Å². The fourth-order valence-electron chi connectivity index (χ4n) is 3.85. The van der Waals surface area contributed by atoms with Crippen molar-refractivity contribution in [3.63, 3.8) is 0 Å². The third-order valence-electron chi connectivity index (χ3n) is 5.19. The van der Waals surface area contributed by atoms with Gasteiger partial charge in [-0.15, -0.1) is 0 Å². The van der Waals surface area contributed by atoms with Crippen LogP contribution in [-0.2, 0) is 0 Å². The summed E-state index contributed by atoms with van der Waals surface area (Å²) >= 11 is 0. The lowest BCUT2D eigenvalue weighted by molar-refractivity contribution is 0.0934. The second-order valence-corrected chi connectivity index (χ2v) is 7.53. The van der Waals surface area contributed by atoms with E-state index in [1.165, 1.54) is 5.57 Å². The summed E-state index contributed by atoms with van der Waals surface area (Å²) in [5.74, 6) is 2.61. The van der Waals surface area contributed by atoms with Gasteiger partial charge in [0.25, 0.3) is 5.91 Å². The highest BCUT2D eigenvalue weighted by molar-refractivity contribution is 5.94. The van der Waals surface area contributed by atoms with E-state index in [4.69, 9.17) is 13.9 Å². The molecule has 3 heterocycles. The molecule has 0 saturated carbocycles. The van der Waals surface area contributed by atoms with E-state index in [-0.39, 0.29) is 12.7 Å². The van der Waals surface area contributed by atoms with Crippen molar-refractivity contribution in [2.45, 2.75) is 19.8 Å². The fraction of sp³-hybridized carbons (Fsp3) is 0.409. The quantitative estimate of drug-likeness (QED) is 0.828. The van der Waals surface area contributed by atoms with Crippen LogP contribution in [0.3, 0.4) is 0 Å². The lowest BCUT2D eigenvalue weighted by atomic mass is 9.97. The van der Waals surface area contributed by atoms with Crippen molar-refractivity contribution in [2.24, 2.45) is 5.92 Å². The molecule has 1 N–H and O–H groups in total. The molecule has 0 spiro atoms. The van der Waals surface area contributed by atoms with Gasteiger partial charge in [0.1, 0.15) is 5.76 Å². The number of benzene rings is 1. The zero-order valence-electron chi connectivity index (χ0n) is 16.1. The fourth-order valence-corrected chi connectivity index (χ4v) is 3.85. The number of nitrogens with zero attached hydrogens (tertiary/aromatic N) is 1. The molecule has 0 bridgehead atoms. The van der Waals surface area contributed by atoms with Crippen LogP contribution in [0.2, 0.25) is 0 Å². The van der Waals surface area contributed by atoms with E-state index in [1.54, 1.807) is 24.5 Å². The summed E-state index contributed by atoms with van der Waals surface area (Å²) in [7, 11) is 0. The van der Waals surface area contributed by atoms with Crippen LogP contribution in [-0.4, -0.2) is 43.8 Å². The van der Waals surface area contributed by atoms with Gasteiger partial charge in [0.2, 0.25) is 6.79 Å². The number of furan rings is 1. The lowest BCUT2D eigenvalue weighted by Crippen LogP contribution is -2.41. The zero-order chi connectivity index (χ0) is 19.3. The van der Waals surface area contributed by atoms with E-state index in [9.17, 15) is 4.79 Å². The Morgan fingerprint density at radius 2 is 2.18 bits per heavy atom. The predicted octanol–water partition coefficient (Wildman–Crippen LogP) is 3.55. The average molecular weight is 382 g/mol. The molecule has 0 aliphatic carbocycles. The molecule has 0 radical (unpaired) electrons. The van der Waals surface area contributed by atoms with E-state index in [0.717, 1.165) is 38.2 Å². The minimum atomic E-state index is -0.0654. The van der Waals surface area contributed by atoms with Gasteiger partial charge in [0.15, 0.2) is 11.5 Å². The van der Waals surface area contributed by atoms with Crippen molar-refractivity contribution >= 4 is 12.0 Å². The van der Waals surface area contributed by atoms with Gasteiger partial charge in [0, 0.05) is 25.2 Å². The summed E-state index contributed by atoms with van der Waals surface area (Å²) in [6.45, 7) is 6.04. The molecule has 2 aromatic rings.